The predicted molar refractivity (Wildman–Crippen MR) is 230 cm³/mol. The number of hydrogen-bond donors (Lipinski definition) is 1. The second kappa shape index (κ2) is 37.2. The van der Waals surface area contributed by atoms with E-state index in [1.807, 2.05) is 0 Å². The predicted octanol–water partition coefficient (Wildman–Crippen LogP) is 14.3. The van der Waals surface area contributed by atoms with Gasteiger partial charge in [0.05, 0.1) is 6.10 Å². The van der Waals surface area contributed by atoms with Gasteiger partial charge in [-0.3, -0.25) is 4.90 Å². The van der Waals surface area contributed by atoms with Crippen LogP contribution in [0.1, 0.15) is 214 Å². The summed E-state index contributed by atoms with van der Waals surface area (Å²) in [7, 11) is 0. The van der Waals surface area contributed by atoms with Crippen LogP contribution in [0.5, 0.6) is 0 Å². The maximum atomic E-state index is 10.4. The fourth-order valence-electron chi connectivity index (χ4n) is 7.39. The molecule has 1 rings (SSSR count). The number of hydrogen-bond acceptors (Lipinski definition) is 3. The Labute approximate surface area is 320 Å². The largest absolute Gasteiger partial charge is 0.393 e. The van der Waals surface area contributed by atoms with Gasteiger partial charge >= 0.3 is 0 Å². The van der Waals surface area contributed by atoms with E-state index in [1.54, 1.807) is 5.57 Å². The third-order valence-electron chi connectivity index (χ3n) is 11.0. The van der Waals surface area contributed by atoms with Gasteiger partial charge in [0.1, 0.15) is 0 Å². The summed E-state index contributed by atoms with van der Waals surface area (Å²) in [6.07, 6.45) is 53.7. The molecule has 1 N–H and O–H groups in total. The molecule has 0 amide bonds. The Morgan fingerprint density at radius 1 is 0.529 bits per heavy atom. The number of aliphatic hydroxyl groups is 1. The average Bonchev–Trinajstić information content (AvgIpc) is 3.13. The van der Waals surface area contributed by atoms with E-state index in [2.05, 4.69) is 80.0 Å². The maximum absolute atomic E-state index is 10.4. The van der Waals surface area contributed by atoms with Crippen LogP contribution in [0.15, 0.2) is 48.1 Å². The number of aliphatic hydroxyl groups excluding tert-OH is 1. The van der Waals surface area contributed by atoms with Crippen LogP contribution in [0.2, 0.25) is 0 Å². The minimum Gasteiger partial charge on any atom is -0.393 e. The Morgan fingerprint density at radius 3 is 1.57 bits per heavy atom. The molecule has 0 bridgehead atoms. The lowest BCUT2D eigenvalue weighted by Gasteiger charge is -2.36. The van der Waals surface area contributed by atoms with Crippen molar-refractivity contribution >= 4 is 0 Å². The topological polar surface area (TPSA) is 26.7 Å². The smallest absolute Gasteiger partial charge is 0.0540 e. The molecule has 3 nitrogen and oxygen atoms in total. The fraction of sp³-hybridized carbons (Fsp3) is 0.833. The Kier molecular flexibility index (Phi) is 34.9. The van der Waals surface area contributed by atoms with Gasteiger partial charge in [-0.2, -0.15) is 0 Å². The molecule has 0 aromatic heterocycles. The molecule has 0 aromatic carbocycles. The van der Waals surface area contributed by atoms with Gasteiger partial charge in [-0.05, 0) is 117 Å². The van der Waals surface area contributed by atoms with Gasteiger partial charge in [0, 0.05) is 32.2 Å². The van der Waals surface area contributed by atoms with Crippen LogP contribution in [0.25, 0.3) is 0 Å². The molecule has 1 aliphatic heterocycles. The van der Waals surface area contributed by atoms with E-state index in [0.29, 0.717) is 6.04 Å². The first-order valence-corrected chi connectivity index (χ1v) is 22.8. The third-order valence-corrected chi connectivity index (χ3v) is 11.0. The molecular weight excluding hydrogens is 621 g/mol. The van der Waals surface area contributed by atoms with Crippen molar-refractivity contribution in [2.24, 2.45) is 0 Å². The molecule has 1 saturated heterocycles. The van der Waals surface area contributed by atoms with E-state index in [9.17, 15) is 5.11 Å². The maximum Gasteiger partial charge on any atom is 0.0540 e. The molecule has 1 heterocycles. The highest BCUT2D eigenvalue weighted by Crippen LogP contribution is 2.18. The van der Waals surface area contributed by atoms with Crippen LogP contribution in [0.4, 0.5) is 0 Å². The number of allylic oxidation sites excluding steroid dienone is 8. The molecule has 1 unspecified atom stereocenters. The molecule has 0 aliphatic carbocycles. The molecule has 0 aromatic rings. The lowest BCUT2D eigenvalue weighted by molar-refractivity contribution is 0.107. The van der Waals surface area contributed by atoms with Gasteiger partial charge in [-0.1, -0.05) is 152 Å². The molecule has 1 atom stereocenters. The second-order valence-electron chi connectivity index (χ2n) is 16.2. The Balaban J connectivity index is 2.04. The quantitative estimate of drug-likeness (QED) is 0.0518. The van der Waals surface area contributed by atoms with Crippen LogP contribution in [0.3, 0.4) is 0 Å². The summed E-state index contributed by atoms with van der Waals surface area (Å²) >= 11 is 0. The Morgan fingerprint density at radius 2 is 1.02 bits per heavy atom. The zero-order valence-electron chi connectivity index (χ0n) is 35.1. The van der Waals surface area contributed by atoms with E-state index in [-0.39, 0.29) is 6.10 Å². The van der Waals surface area contributed by atoms with E-state index < -0.39 is 0 Å². The molecule has 1 aliphatic rings. The molecule has 51 heavy (non-hydrogen) atoms. The van der Waals surface area contributed by atoms with Gasteiger partial charge in [-0.15, -0.1) is 0 Å². The van der Waals surface area contributed by atoms with Crippen LogP contribution in [-0.2, 0) is 0 Å². The minimum absolute atomic E-state index is 0.0739. The van der Waals surface area contributed by atoms with Crippen molar-refractivity contribution in [1.82, 2.24) is 9.80 Å². The summed E-state index contributed by atoms with van der Waals surface area (Å²) in [5.74, 6) is 0. The first kappa shape index (κ1) is 47.9. The monoisotopic (exact) mass is 711 g/mol. The normalized spacial score (nSPS) is 15.8. The summed E-state index contributed by atoms with van der Waals surface area (Å²) in [4.78, 5) is 5.31. The van der Waals surface area contributed by atoms with E-state index in [4.69, 9.17) is 0 Å². The first-order chi connectivity index (χ1) is 25.1. The Bertz CT molecular complexity index is 834. The minimum atomic E-state index is -0.0739. The molecule has 0 spiro atoms. The van der Waals surface area contributed by atoms with Crippen molar-refractivity contribution in [2.75, 3.05) is 32.7 Å². The Hall–Kier alpha value is -1.16. The molecular formula is C48H90N2O. The van der Waals surface area contributed by atoms with Crippen LogP contribution < -0.4 is 0 Å². The van der Waals surface area contributed by atoms with Gasteiger partial charge < -0.3 is 10.0 Å². The van der Waals surface area contributed by atoms with E-state index in [0.717, 1.165) is 25.7 Å². The summed E-state index contributed by atoms with van der Waals surface area (Å²) in [6.45, 7) is 15.5. The second-order valence-corrected chi connectivity index (χ2v) is 16.2. The number of unbranched alkanes of at least 4 members (excludes halogenated alkanes) is 19. The lowest BCUT2D eigenvalue weighted by Crippen LogP contribution is -2.48. The van der Waals surface area contributed by atoms with Crippen molar-refractivity contribution in [3.05, 3.63) is 48.1 Å². The van der Waals surface area contributed by atoms with Crippen molar-refractivity contribution < 1.29 is 5.11 Å². The van der Waals surface area contributed by atoms with Crippen molar-refractivity contribution in [1.29, 1.82) is 0 Å². The fourth-order valence-corrected chi connectivity index (χ4v) is 7.39. The van der Waals surface area contributed by atoms with Crippen LogP contribution >= 0.6 is 0 Å². The summed E-state index contributed by atoms with van der Waals surface area (Å²) in [5.41, 5.74) is 1.68. The number of piperazine rings is 1. The highest BCUT2D eigenvalue weighted by Gasteiger charge is 2.18. The lowest BCUT2D eigenvalue weighted by atomic mass is 10.0. The van der Waals surface area contributed by atoms with Crippen molar-refractivity contribution in [3.8, 4) is 0 Å². The van der Waals surface area contributed by atoms with Gasteiger partial charge in [0.2, 0.25) is 0 Å². The zero-order valence-corrected chi connectivity index (χ0v) is 35.1. The number of nitrogens with zero attached hydrogens (tertiary/aromatic N) is 2. The van der Waals surface area contributed by atoms with Gasteiger partial charge in [-0.25, -0.2) is 0 Å². The summed E-state index contributed by atoms with van der Waals surface area (Å²) < 4.78 is 0. The van der Waals surface area contributed by atoms with Gasteiger partial charge in [0.25, 0.3) is 0 Å². The SMILES string of the molecule is CCCCCC=CCC=CCCCCCCCCC(O)CCCCCCCCC=C(CC=CCCCCC)CCCCN1CCN(C(C)C)CC1. The summed E-state index contributed by atoms with van der Waals surface area (Å²) in [6, 6.07) is 0.690. The highest BCUT2D eigenvalue weighted by molar-refractivity contribution is 5.07. The van der Waals surface area contributed by atoms with E-state index >= 15 is 0 Å². The van der Waals surface area contributed by atoms with Crippen LogP contribution in [-0.4, -0.2) is 59.8 Å². The standard InChI is InChI=1S/C48H90N2O/c1-5-7-9-11-13-14-15-16-17-18-19-20-21-24-28-32-39-48(51)40-33-29-25-22-23-27-31-37-47(36-30-26-12-10-8-6-2)38-34-35-41-49-42-44-50(45-43-49)46(3)4/h13-14,16-17,26,30,37,46,48,51H,5-12,15,18-25,27-29,31-36,38-45H2,1-4H3. The van der Waals surface area contributed by atoms with Crippen molar-refractivity contribution in [2.45, 2.75) is 226 Å². The molecule has 1 fully saturated rings. The van der Waals surface area contributed by atoms with Gasteiger partial charge in [0.15, 0.2) is 0 Å². The summed E-state index contributed by atoms with van der Waals surface area (Å²) in [5, 5.41) is 10.4. The number of rotatable bonds is 36. The third kappa shape index (κ3) is 32.0. The molecule has 0 radical (unpaired) electrons. The molecule has 0 saturated carbocycles. The van der Waals surface area contributed by atoms with Crippen molar-refractivity contribution in [3.63, 3.8) is 0 Å². The highest BCUT2D eigenvalue weighted by atomic mass is 16.3. The molecule has 298 valence electrons. The average molecular weight is 711 g/mol. The van der Waals surface area contributed by atoms with Crippen LogP contribution in [0, 0.1) is 0 Å². The molecule has 3 heteroatoms. The first-order valence-electron chi connectivity index (χ1n) is 22.8. The van der Waals surface area contributed by atoms with E-state index in [1.165, 1.54) is 193 Å². The zero-order chi connectivity index (χ0) is 36.9.